The number of nitrogens with zero attached hydrogens (tertiary/aromatic N) is 4. The number of anilines is 1. The summed E-state index contributed by atoms with van der Waals surface area (Å²) >= 11 is 1.28. The van der Waals surface area contributed by atoms with Crippen molar-refractivity contribution >= 4 is 34.6 Å². The number of amides is 2. The minimum atomic E-state index is -0.492. The van der Waals surface area contributed by atoms with Crippen molar-refractivity contribution in [2.24, 2.45) is 5.92 Å². The summed E-state index contributed by atoms with van der Waals surface area (Å²) < 4.78 is 7.35. The van der Waals surface area contributed by atoms with Crippen molar-refractivity contribution in [3.63, 3.8) is 0 Å². The molecule has 2 saturated heterocycles. The van der Waals surface area contributed by atoms with Gasteiger partial charge in [0.05, 0.1) is 17.9 Å². The molecule has 2 fully saturated rings. The Morgan fingerprint density at radius 2 is 1.97 bits per heavy atom. The highest BCUT2D eigenvalue weighted by Gasteiger charge is 2.32. The van der Waals surface area contributed by atoms with E-state index in [0.29, 0.717) is 31.8 Å². The first kappa shape index (κ1) is 21.7. The van der Waals surface area contributed by atoms with Crippen molar-refractivity contribution in [2.45, 2.75) is 58.6 Å². The molecular formula is C20H30N4O4S. The molecule has 2 amide bonds. The molecule has 0 aliphatic carbocycles. The molecule has 2 aliphatic rings. The van der Waals surface area contributed by atoms with Gasteiger partial charge in [0.25, 0.3) is 0 Å². The van der Waals surface area contributed by atoms with Crippen LogP contribution in [0.4, 0.5) is 10.5 Å². The van der Waals surface area contributed by atoms with Crippen molar-refractivity contribution in [3.05, 3.63) is 12.4 Å². The summed E-state index contributed by atoms with van der Waals surface area (Å²) in [5.41, 5.74) is 0.313. The number of carbonyl (C=O) groups excluding carboxylic acids is 3. The summed E-state index contributed by atoms with van der Waals surface area (Å²) in [6.07, 6.45) is 5.46. The Hall–Kier alpha value is -2.03. The highest BCUT2D eigenvalue weighted by atomic mass is 32.2. The van der Waals surface area contributed by atoms with Crippen LogP contribution in [0.3, 0.4) is 0 Å². The van der Waals surface area contributed by atoms with E-state index in [9.17, 15) is 14.4 Å². The fraction of sp³-hybridized carbons (Fsp3) is 0.700. The average molecular weight is 423 g/mol. The summed E-state index contributed by atoms with van der Waals surface area (Å²) in [6.45, 7) is 9.03. The molecule has 29 heavy (non-hydrogen) atoms. The number of ether oxygens (including phenoxy) is 1. The summed E-state index contributed by atoms with van der Waals surface area (Å²) in [4.78, 5) is 39.3. The van der Waals surface area contributed by atoms with Crippen molar-refractivity contribution < 1.29 is 19.1 Å². The van der Waals surface area contributed by atoms with Gasteiger partial charge in [0.2, 0.25) is 5.91 Å². The molecule has 1 aromatic heterocycles. The zero-order valence-electron chi connectivity index (χ0n) is 17.6. The Morgan fingerprint density at radius 1 is 1.28 bits per heavy atom. The van der Waals surface area contributed by atoms with Crippen LogP contribution in [-0.4, -0.2) is 62.8 Å². The second-order valence-electron chi connectivity index (χ2n) is 8.75. The van der Waals surface area contributed by atoms with Crippen molar-refractivity contribution in [3.8, 4) is 0 Å². The molecular weight excluding hydrogens is 392 g/mol. The van der Waals surface area contributed by atoms with Gasteiger partial charge in [-0.15, -0.1) is 0 Å². The number of likely N-dealkylation sites (tertiary alicyclic amines) is 1. The summed E-state index contributed by atoms with van der Waals surface area (Å²) in [5.74, 6) is 0.949. The Labute approximate surface area is 175 Å². The molecule has 0 aromatic carbocycles. The van der Waals surface area contributed by atoms with Gasteiger partial charge in [-0.1, -0.05) is 11.8 Å². The Bertz CT molecular complexity index is 765. The predicted molar refractivity (Wildman–Crippen MR) is 112 cm³/mol. The van der Waals surface area contributed by atoms with E-state index in [1.807, 2.05) is 31.6 Å². The zero-order chi connectivity index (χ0) is 21.2. The number of rotatable bonds is 4. The van der Waals surface area contributed by atoms with Crippen LogP contribution in [0.5, 0.6) is 0 Å². The largest absolute Gasteiger partial charge is 0.444 e. The topological polar surface area (TPSA) is 84.7 Å². The zero-order valence-corrected chi connectivity index (χ0v) is 18.4. The first-order valence-corrected chi connectivity index (χ1v) is 11.1. The van der Waals surface area contributed by atoms with E-state index in [4.69, 9.17) is 4.74 Å². The maximum absolute atomic E-state index is 12.4. The number of aromatic nitrogens is 2. The first-order valence-electron chi connectivity index (χ1n) is 10.1. The molecule has 0 saturated carbocycles. The van der Waals surface area contributed by atoms with Gasteiger partial charge in [0, 0.05) is 44.9 Å². The van der Waals surface area contributed by atoms with E-state index >= 15 is 0 Å². The van der Waals surface area contributed by atoms with Gasteiger partial charge in [0.15, 0.2) is 5.12 Å². The first-order chi connectivity index (χ1) is 13.6. The molecule has 160 valence electrons. The third kappa shape index (κ3) is 5.74. The molecule has 3 heterocycles. The SMILES string of the molecule is CC(=O)SCC1CC(=O)N(c2cnn(C3CCN(C(=O)OC(C)(C)C)CC3)c2)C1. The van der Waals surface area contributed by atoms with Crippen molar-refractivity contribution in [1.82, 2.24) is 14.7 Å². The number of piperidine rings is 1. The summed E-state index contributed by atoms with van der Waals surface area (Å²) in [7, 11) is 0. The van der Waals surface area contributed by atoms with Crippen LogP contribution in [-0.2, 0) is 14.3 Å². The number of carbonyl (C=O) groups is 3. The molecule has 8 nitrogen and oxygen atoms in total. The second-order valence-corrected chi connectivity index (χ2v) is 9.95. The lowest BCUT2D eigenvalue weighted by atomic mass is 10.1. The third-order valence-electron chi connectivity index (χ3n) is 5.12. The minimum absolute atomic E-state index is 0.0819. The van der Waals surface area contributed by atoms with Crippen LogP contribution in [0.2, 0.25) is 0 Å². The van der Waals surface area contributed by atoms with Crippen LogP contribution in [0.25, 0.3) is 0 Å². The van der Waals surface area contributed by atoms with E-state index in [1.54, 1.807) is 22.9 Å². The van der Waals surface area contributed by atoms with E-state index in [2.05, 4.69) is 5.10 Å². The highest BCUT2D eigenvalue weighted by Crippen LogP contribution is 2.29. The van der Waals surface area contributed by atoms with E-state index in [1.165, 1.54) is 11.8 Å². The monoisotopic (exact) mass is 422 g/mol. The van der Waals surface area contributed by atoms with Gasteiger partial charge < -0.3 is 14.5 Å². The summed E-state index contributed by atoms with van der Waals surface area (Å²) in [6, 6.07) is 0.198. The van der Waals surface area contributed by atoms with E-state index in [0.717, 1.165) is 18.5 Å². The molecule has 1 aromatic rings. The lowest BCUT2D eigenvalue weighted by molar-refractivity contribution is -0.117. The molecule has 0 spiro atoms. The third-order valence-corrected chi connectivity index (χ3v) is 6.16. The Balaban J connectivity index is 1.54. The molecule has 9 heteroatoms. The van der Waals surface area contributed by atoms with Crippen LogP contribution < -0.4 is 4.90 Å². The van der Waals surface area contributed by atoms with Gasteiger partial charge in [-0.3, -0.25) is 14.3 Å². The van der Waals surface area contributed by atoms with Crippen molar-refractivity contribution in [1.29, 1.82) is 0 Å². The molecule has 3 rings (SSSR count). The molecule has 1 unspecified atom stereocenters. The maximum atomic E-state index is 12.4. The lowest BCUT2D eigenvalue weighted by Crippen LogP contribution is -2.42. The molecule has 2 aliphatic heterocycles. The van der Waals surface area contributed by atoms with Crippen LogP contribution in [0, 0.1) is 5.92 Å². The fourth-order valence-electron chi connectivity index (χ4n) is 3.68. The normalized spacial score (nSPS) is 21.0. The van der Waals surface area contributed by atoms with Crippen LogP contribution in [0.1, 0.15) is 53.0 Å². The van der Waals surface area contributed by atoms with Crippen LogP contribution >= 0.6 is 11.8 Å². The maximum Gasteiger partial charge on any atom is 0.410 e. The van der Waals surface area contributed by atoms with Gasteiger partial charge in [-0.2, -0.15) is 5.10 Å². The summed E-state index contributed by atoms with van der Waals surface area (Å²) in [5, 5.41) is 4.56. The molecule has 0 bridgehead atoms. The lowest BCUT2D eigenvalue weighted by Gasteiger charge is -2.33. The molecule has 1 atom stereocenters. The second kappa shape index (κ2) is 8.77. The van der Waals surface area contributed by atoms with Crippen molar-refractivity contribution in [2.75, 3.05) is 30.3 Å². The molecule has 0 radical (unpaired) electrons. The number of thioether (sulfide) groups is 1. The van der Waals surface area contributed by atoms with E-state index < -0.39 is 5.60 Å². The Kier molecular flexibility index (Phi) is 6.55. The quantitative estimate of drug-likeness (QED) is 0.741. The predicted octanol–water partition coefficient (Wildman–Crippen LogP) is 3.09. The average Bonchev–Trinajstić information content (AvgIpc) is 3.25. The number of hydrogen-bond acceptors (Lipinski definition) is 6. The highest BCUT2D eigenvalue weighted by molar-refractivity contribution is 8.13. The fourth-order valence-corrected chi connectivity index (χ4v) is 4.38. The van der Waals surface area contributed by atoms with Gasteiger partial charge in [0.1, 0.15) is 5.60 Å². The van der Waals surface area contributed by atoms with Crippen LogP contribution in [0.15, 0.2) is 12.4 Å². The standard InChI is InChI=1S/C20H30N4O4S/c1-14(25)29-13-15-9-18(26)23(11-15)17-10-21-24(12-17)16-5-7-22(8-6-16)19(27)28-20(2,3)4/h10,12,15-16H,5-9,11,13H2,1-4H3. The minimum Gasteiger partial charge on any atom is -0.444 e. The van der Waals surface area contributed by atoms with E-state index in [-0.39, 0.29) is 29.1 Å². The van der Waals surface area contributed by atoms with Gasteiger partial charge in [-0.25, -0.2) is 4.79 Å². The Morgan fingerprint density at radius 3 is 2.59 bits per heavy atom. The van der Waals surface area contributed by atoms with Gasteiger partial charge in [-0.05, 0) is 39.5 Å². The molecule has 0 N–H and O–H groups in total. The van der Waals surface area contributed by atoms with Gasteiger partial charge >= 0.3 is 6.09 Å². The smallest absolute Gasteiger partial charge is 0.410 e. The number of hydrogen-bond donors (Lipinski definition) is 0.